The van der Waals surface area contributed by atoms with E-state index in [4.69, 9.17) is 0 Å². The van der Waals surface area contributed by atoms with E-state index >= 15 is 0 Å². The lowest BCUT2D eigenvalue weighted by Crippen LogP contribution is -2.14. The van der Waals surface area contributed by atoms with Crippen molar-refractivity contribution in [2.75, 3.05) is 5.32 Å². The number of hydrogen-bond acceptors (Lipinski definition) is 2. The van der Waals surface area contributed by atoms with Gasteiger partial charge in [-0.15, -0.1) is 0 Å². The number of anilines is 1. The predicted molar refractivity (Wildman–Crippen MR) is 93.6 cm³/mol. The quantitative estimate of drug-likeness (QED) is 0.619. The lowest BCUT2D eigenvalue weighted by molar-refractivity contribution is 0.102. The molecule has 0 radical (unpaired) electrons. The molecule has 0 aliphatic rings. The number of fused-ring (bicyclic) bond motifs is 1. The second-order valence-corrected chi connectivity index (χ2v) is 5.77. The summed E-state index contributed by atoms with van der Waals surface area (Å²) in [6, 6.07) is 16.0. The van der Waals surface area contributed by atoms with Crippen molar-refractivity contribution in [3.05, 3.63) is 84.1 Å². The van der Waals surface area contributed by atoms with Gasteiger partial charge >= 0.3 is 0 Å². The number of pyridine rings is 1. The Labute approximate surface area is 143 Å². The molecule has 0 saturated carbocycles. The fraction of sp³-hybridized carbons (Fsp3) is 0.0526. The standard InChI is InChI=1S/C19H15FN4O/c1-13-5-7-16(15(20)12-13)21-19(25)17-9-11-24(22-17)18-8-6-14-4-2-3-10-23(14)18/h2-12H,1H3,(H,21,25). The van der Waals surface area contributed by atoms with E-state index in [2.05, 4.69) is 10.4 Å². The second-order valence-electron chi connectivity index (χ2n) is 5.77. The summed E-state index contributed by atoms with van der Waals surface area (Å²) < 4.78 is 17.5. The Bertz CT molecular complexity index is 1080. The van der Waals surface area contributed by atoms with Crippen LogP contribution in [0.5, 0.6) is 0 Å². The van der Waals surface area contributed by atoms with E-state index in [1.165, 1.54) is 6.07 Å². The zero-order valence-corrected chi connectivity index (χ0v) is 13.5. The van der Waals surface area contributed by atoms with Crippen molar-refractivity contribution in [2.45, 2.75) is 6.92 Å². The number of hydrogen-bond donors (Lipinski definition) is 1. The Morgan fingerprint density at radius 3 is 2.80 bits per heavy atom. The third-order valence-corrected chi connectivity index (χ3v) is 3.97. The van der Waals surface area contributed by atoms with Gasteiger partial charge in [-0.25, -0.2) is 9.07 Å². The lowest BCUT2D eigenvalue weighted by atomic mass is 10.2. The molecule has 0 spiro atoms. The van der Waals surface area contributed by atoms with Crippen LogP contribution in [0.25, 0.3) is 11.3 Å². The average Bonchev–Trinajstić information content (AvgIpc) is 3.23. The first kappa shape index (κ1) is 15.1. The minimum atomic E-state index is -0.467. The molecule has 0 unspecified atom stereocenters. The molecule has 124 valence electrons. The molecule has 0 fully saturated rings. The number of amides is 1. The van der Waals surface area contributed by atoms with Gasteiger partial charge in [-0.3, -0.25) is 4.79 Å². The fourth-order valence-corrected chi connectivity index (χ4v) is 2.71. The molecular weight excluding hydrogens is 319 g/mol. The van der Waals surface area contributed by atoms with Crippen LogP contribution < -0.4 is 5.32 Å². The third-order valence-electron chi connectivity index (χ3n) is 3.97. The first-order valence-corrected chi connectivity index (χ1v) is 7.81. The van der Waals surface area contributed by atoms with Gasteiger partial charge in [0.2, 0.25) is 0 Å². The molecule has 0 atom stereocenters. The smallest absolute Gasteiger partial charge is 0.276 e. The second kappa shape index (κ2) is 5.90. The number of halogens is 1. The molecule has 0 saturated heterocycles. The SMILES string of the molecule is Cc1ccc(NC(=O)c2ccn(-c3ccc4ccccn34)n2)c(F)c1. The minimum Gasteiger partial charge on any atom is -0.318 e. The number of benzene rings is 1. The summed E-state index contributed by atoms with van der Waals surface area (Å²) in [5.41, 5.74) is 2.17. The molecule has 25 heavy (non-hydrogen) atoms. The Hall–Kier alpha value is -3.41. The normalized spacial score (nSPS) is 11.0. The highest BCUT2D eigenvalue weighted by Gasteiger charge is 2.14. The average molecular weight is 334 g/mol. The molecule has 3 aromatic heterocycles. The summed E-state index contributed by atoms with van der Waals surface area (Å²) in [4.78, 5) is 12.3. The molecule has 5 nitrogen and oxygen atoms in total. The number of carbonyl (C=O) groups excluding carboxylic acids is 1. The topological polar surface area (TPSA) is 51.3 Å². The van der Waals surface area contributed by atoms with Gasteiger partial charge in [-0.05, 0) is 55.0 Å². The maximum atomic E-state index is 13.9. The Kier molecular flexibility index (Phi) is 3.57. The highest BCUT2D eigenvalue weighted by atomic mass is 19.1. The summed E-state index contributed by atoms with van der Waals surface area (Å²) in [6.07, 6.45) is 3.63. The molecule has 1 aromatic carbocycles. The van der Waals surface area contributed by atoms with Crippen molar-refractivity contribution in [3.8, 4) is 5.82 Å². The maximum Gasteiger partial charge on any atom is 0.276 e. The molecule has 1 amide bonds. The van der Waals surface area contributed by atoms with Crippen molar-refractivity contribution in [1.29, 1.82) is 0 Å². The van der Waals surface area contributed by atoms with Crippen LogP contribution in [0.1, 0.15) is 16.1 Å². The van der Waals surface area contributed by atoms with E-state index < -0.39 is 11.7 Å². The van der Waals surface area contributed by atoms with Crippen LogP contribution in [0.2, 0.25) is 0 Å². The number of rotatable bonds is 3. The molecule has 3 heterocycles. The monoisotopic (exact) mass is 334 g/mol. The van der Waals surface area contributed by atoms with Crippen molar-refractivity contribution >= 4 is 17.1 Å². The van der Waals surface area contributed by atoms with Gasteiger partial charge in [0, 0.05) is 17.9 Å². The summed E-state index contributed by atoms with van der Waals surface area (Å²) in [6.45, 7) is 1.79. The summed E-state index contributed by atoms with van der Waals surface area (Å²) in [7, 11) is 0. The third kappa shape index (κ3) is 2.78. The van der Waals surface area contributed by atoms with Crippen LogP contribution >= 0.6 is 0 Å². The van der Waals surface area contributed by atoms with Gasteiger partial charge in [0.25, 0.3) is 5.91 Å². The largest absolute Gasteiger partial charge is 0.318 e. The number of aryl methyl sites for hydroxylation is 1. The van der Waals surface area contributed by atoms with E-state index in [0.29, 0.717) is 0 Å². The van der Waals surface area contributed by atoms with E-state index in [-0.39, 0.29) is 11.4 Å². The molecule has 0 aliphatic heterocycles. The first-order valence-electron chi connectivity index (χ1n) is 7.81. The predicted octanol–water partition coefficient (Wildman–Crippen LogP) is 3.82. The van der Waals surface area contributed by atoms with Crippen molar-refractivity contribution in [2.24, 2.45) is 0 Å². The van der Waals surface area contributed by atoms with Crippen LogP contribution in [-0.4, -0.2) is 20.1 Å². The zero-order chi connectivity index (χ0) is 17.4. The number of carbonyl (C=O) groups is 1. The van der Waals surface area contributed by atoms with Gasteiger partial charge in [-0.2, -0.15) is 5.10 Å². The van der Waals surface area contributed by atoms with E-state index in [1.807, 2.05) is 40.9 Å². The van der Waals surface area contributed by atoms with Gasteiger partial charge in [-0.1, -0.05) is 12.1 Å². The van der Waals surface area contributed by atoms with Gasteiger partial charge in [0.05, 0.1) is 5.69 Å². The Morgan fingerprint density at radius 2 is 1.96 bits per heavy atom. The van der Waals surface area contributed by atoms with Crippen LogP contribution in [0, 0.1) is 12.7 Å². The van der Waals surface area contributed by atoms with Crippen LogP contribution in [0.4, 0.5) is 10.1 Å². The maximum absolute atomic E-state index is 13.9. The van der Waals surface area contributed by atoms with E-state index in [9.17, 15) is 9.18 Å². The highest BCUT2D eigenvalue weighted by molar-refractivity contribution is 6.02. The van der Waals surface area contributed by atoms with Gasteiger partial charge < -0.3 is 9.72 Å². The summed E-state index contributed by atoms with van der Waals surface area (Å²) in [5, 5.41) is 6.86. The Morgan fingerprint density at radius 1 is 1.08 bits per heavy atom. The van der Waals surface area contributed by atoms with Crippen molar-refractivity contribution < 1.29 is 9.18 Å². The molecular formula is C19H15FN4O. The first-order chi connectivity index (χ1) is 12.1. The molecule has 4 rings (SSSR count). The van der Waals surface area contributed by atoms with Crippen molar-refractivity contribution in [3.63, 3.8) is 0 Å². The molecule has 0 bridgehead atoms. The lowest BCUT2D eigenvalue weighted by Gasteiger charge is -2.05. The Balaban J connectivity index is 1.61. The minimum absolute atomic E-state index is 0.137. The molecule has 1 N–H and O–H groups in total. The van der Waals surface area contributed by atoms with Crippen LogP contribution in [0.3, 0.4) is 0 Å². The number of nitrogens with one attached hydrogen (secondary N) is 1. The van der Waals surface area contributed by atoms with Crippen molar-refractivity contribution in [1.82, 2.24) is 14.2 Å². The zero-order valence-electron chi connectivity index (χ0n) is 13.5. The fourth-order valence-electron chi connectivity index (χ4n) is 2.71. The van der Waals surface area contributed by atoms with Crippen LogP contribution in [-0.2, 0) is 0 Å². The van der Waals surface area contributed by atoms with Gasteiger partial charge in [0.1, 0.15) is 11.6 Å². The van der Waals surface area contributed by atoms with E-state index in [0.717, 1.165) is 16.9 Å². The van der Waals surface area contributed by atoms with Gasteiger partial charge in [0.15, 0.2) is 5.69 Å². The van der Waals surface area contributed by atoms with Crippen LogP contribution in [0.15, 0.2) is 67.0 Å². The highest BCUT2D eigenvalue weighted by Crippen LogP contribution is 2.17. The summed E-state index contributed by atoms with van der Waals surface area (Å²) >= 11 is 0. The summed E-state index contributed by atoms with van der Waals surface area (Å²) in [5.74, 6) is -0.108. The molecule has 6 heteroatoms. The van der Waals surface area contributed by atoms with E-state index in [1.54, 1.807) is 36.0 Å². The number of nitrogens with zero attached hydrogens (tertiary/aromatic N) is 3. The molecule has 4 aromatic rings. The molecule has 0 aliphatic carbocycles. The number of aromatic nitrogens is 3.